The van der Waals surface area contributed by atoms with Crippen molar-refractivity contribution in [3.63, 3.8) is 0 Å². The monoisotopic (exact) mass is 313 g/mol. The molecule has 0 saturated heterocycles. The van der Waals surface area contributed by atoms with E-state index in [1.165, 1.54) is 6.42 Å². The number of aliphatic hydroxyl groups is 1. The number of aliphatic hydroxyl groups excluding tert-OH is 1. The van der Waals surface area contributed by atoms with Crippen LogP contribution in [0.2, 0.25) is 5.02 Å². The molecule has 21 heavy (non-hydrogen) atoms. The van der Waals surface area contributed by atoms with E-state index in [0.717, 1.165) is 22.9 Å². The molecule has 0 fully saturated rings. The lowest BCUT2D eigenvalue weighted by Crippen LogP contribution is -2.36. The summed E-state index contributed by atoms with van der Waals surface area (Å²) in [6.07, 6.45) is 1.87. The predicted octanol–water partition coefficient (Wildman–Crippen LogP) is 3.63. The average molecular weight is 314 g/mol. The molecule has 1 rings (SSSR count). The minimum Gasteiger partial charge on any atom is -0.389 e. The Balaban J connectivity index is 2.10. The summed E-state index contributed by atoms with van der Waals surface area (Å²) in [7, 11) is 0. The van der Waals surface area contributed by atoms with Crippen molar-refractivity contribution < 1.29 is 9.84 Å². The molecule has 1 aromatic rings. The first-order valence-electron chi connectivity index (χ1n) is 7.71. The van der Waals surface area contributed by atoms with E-state index in [0.29, 0.717) is 25.8 Å². The van der Waals surface area contributed by atoms with Gasteiger partial charge in [0.2, 0.25) is 0 Å². The van der Waals surface area contributed by atoms with Gasteiger partial charge in [0.1, 0.15) is 0 Å². The highest BCUT2D eigenvalue weighted by atomic mass is 35.5. The van der Waals surface area contributed by atoms with Crippen molar-refractivity contribution in [2.24, 2.45) is 5.92 Å². The standard InChI is InChI=1S/C17H28ClNO2/c1-13(2)4-5-14(3)19-10-17(20)12-21-11-15-6-8-16(18)9-7-15/h6-9,13-14,17,19-20H,4-5,10-12H2,1-3H3. The number of hydrogen-bond donors (Lipinski definition) is 2. The smallest absolute Gasteiger partial charge is 0.0897 e. The molecular formula is C17H28ClNO2. The molecule has 0 amide bonds. The molecule has 2 N–H and O–H groups in total. The summed E-state index contributed by atoms with van der Waals surface area (Å²) in [5.41, 5.74) is 1.06. The molecule has 0 spiro atoms. The van der Waals surface area contributed by atoms with Crippen LogP contribution < -0.4 is 5.32 Å². The van der Waals surface area contributed by atoms with Crippen LogP contribution in [-0.2, 0) is 11.3 Å². The lowest BCUT2D eigenvalue weighted by atomic mass is 10.0. The number of benzene rings is 1. The van der Waals surface area contributed by atoms with Crippen LogP contribution in [0.3, 0.4) is 0 Å². The van der Waals surface area contributed by atoms with E-state index in [2.05, 4.69) is 26.1 Å². The maximum absolute atomic E-state index is 9.89. The van der Waals surface area contributed by atoms with Crippen LogP contribution in [0.5, 0.6) is 0 Å². The molecule has 3 nitrogen and oxygen atoms in total. The second-order valence-corrected chi connectivity index (χ2v) is 6.51. The van der Waals surface area contributed by atoms with Crippen molar-refractivity contribution in [3.8, 4) is 0 Å². The first kappa shape index (κ1) is 18.4. The highest BCUT2D eigenvalue weighted by Gasteiger charge is 2.08. The molecule has 0 saturated carbocycles. The molecule has 0 radical (unpaired) electrons. The van der Waals surface area contributed by atoms with Gasteiger partial charge in [-0.2, -0.15) is 0 Å². The summed E-state index contributed by atoms with van der Waals surface area (Å²) in [6.45, 7) is 8.02. The van der Waals surface area contributed by atoms with E-state index >= 15 is 0 Å². The SMILES string of the molecule is CC(C)CCC(C)NCC(O)COCc1ccc(Cl)cc1. The Morgan fingerprint density at radius 1 is 1.14 bits per heavy atom. The van der Waals surface area contributed by atoms with Gasteiger partial charge in [-0.25, -0.2) is 0 Å². The molecule has 1 aromatic carbocycles. The van der Waals surface area contributed by atoms with Crippen LogP contribution in [0.25, 0.3) is 0 Å². The molecule has 4 heteroatoms. The van der Waals surface area contributed by atoms with Crippen molar-refractivity contribution in [2.45, 2.75) is 52.4 Å². The van der Waals surface area contributed by atoms with Gasteiger partial charge >= 0.3 is 0 Å². The summed E-state index contributed by atoms with van der Waals surface area (Å²) < 4.78 is 5.52. The van der Waals surface area contributed by atoms with Gasteiger partial charge in [-0.1, -0.05) is 37.6 Å². The molecule has 0 aliphatic carbocycles. The van der Waals surface area contributed by atoms with E-state index in [-0.39, 0.29) is 0 Å². The van der Waals surface area contributed by atoms with Crippen LogP contribution in [0.15, 0.2) is 24.3 Å². The molecule has 0 aromatic heterocycles. The quantitative estimate of drug-likeness (QED) is 0.693. The summed E-state index contributed by atoms with van der Waals surface area (Å²) in [5.74, 6) is 0.724. The van der Waals surface area contributed by atoms with E-state index < -0.39 is 6.10 Å². The number of rotatable bonds is 10. The van der Waals surface area contributed by atoms with Crippen LogP contribution in [0, 0.1) is 5.92 Å². The molecule has 0 heterocycles. The van der Waals surface area contributed by atoms with Gasteiger partial charge in [-0.05, 0) is 43.4 Å². The predicted molar refractivity (Wildman–Crippen MR) is 88.7 cm³/mol. The van der Waals surface area contributed by atoms with Crippen LogP contribution in [-0.4, -0.2) is 30.4 Å². The Labute approximate surface area is 133 Å². The highest BCUT2D eigenvalue weighted by Crippen LogP contribution is 2.10. The van der Waals surface area contributed by atoms with Crippen molar-refractivity contribution in [1.29, 1.82) is 0 Å². The van der Waals surface area contributed by atoms with Crippen LogP contribution >= 0.6 is 11.6 Å². The molecule has 0 aliphatic rings. The largest absolute Gasteiger partial charge is 0.389 e. The van der Waals surface area contributed by atoms with Gasteiger partial charge in [0.05, 0.1) is 19.3 Å². The third-order valence-electron chi connectivity index (χ3n) is 3.37. The Hall–Kier alpha value is -0.610. The molecular weight excluding hydrogens is 286 g/mol. The van der Waals surface area contributed by atoms with Crippen molar-refractivity contribution >= 4 is 11.6 Å². The van der Waals surface area contributed by atoms with Gasteiger partial charge in [-0.3, -0.25) is 0 Å². The highest BCUT2D eigenvalue weighted by molar-refractivity contribution is 6.30. The van der Waals surface area contributed by atoms with E-state index in [1.54, 1.807) is 0 Å². The summed E-state index contributed by atoms with van der Waals surface area (Å²) in [4.78, 5) is 0. The summed E-state index contributed by atoms with van der Waals surface area (Å²) in [5, 5.41) is 14.0. The van der Waals surface area contributed by atoms with Gasteiger partial charge in [0.15, 0.2) is 0 Å². The minimum absolute atomic E-state index is 0.340. The van der Waals surface area contributed by atoms with E-state index in [4.69, 9.17) is 16.3 Å². The lowest BCUT2D eigenvalue weighted by Gasteiger charge is -2.18. The summed E-state index contributed by atoms with van der Waals surface area (Å²) >= 11 is 5.82. The molecule has 0 aliphatic heterocycles. The molecule has 0 bridgehead atoms. The minimum atomic E-state index is -0.473. The number of halogens is 1. The first-order chi connectivity index (χ1) is 9.97. The van der Waals surface area contributed by atoms with Crippen molar-refractivity contribution in [1.82, 2.24) is 5.32 Å². The average Bonchev–Trinajstić information content (AvgIpc) is 2.45. The first-order valence-corrected chi connectivity index (χ1v) is 8.08. The number of ether oxygens (including phenoxy) is 1. The fourth-order valence-electron chi connectivity index (χ4n) is 1.97. The third kappa shape index (κ3) is 9.10. The topological polar surface area (TPSA) is 41.5 Å². The molecule has 2 unspecified atom stereocenters. The normalized spacial score (nSPS) is 14.4. The fourth-order valence-corrected chi connectivity index (χ4v) is 2.10. The van der Waals surface area contributed by atoms with Gasteiger partial charge in [0, 0.05) is 17.6 Å². The second kappa shape index (κ2) is 10.2. The van der Waals surface area contributed by atoms with E-state index in [1.807, 2.05) is 24.3 Å². The Bertz CT molecular complexity index is 381. The van der Waals surface area contributed by atoms with Gasteiger partial charge < -0.3 is 15.2 Å². The maximum Gasteiger partial charge on any atom is 0.0897 e. The lowest BCUT2D eigenvalue weighted by molar-refractivity contribution is 0.0277. The Morgan fingerprint density at radius 3 is 2.43 bits per heavy atom. The fraction of sp³-hybridized carbons (Fsp3) is 0.647. The number of nitrogens with one attached hydrogen (secondary N) is 1. The zero-order chi connectivity index (χ0) is 15.7. The van der Waals surface area contributed by atoms with Crippen LogP contribution in [0.1, 0.15) is 39.2 Å². The van der Waals surface area contributed by atoms with E-state index in [9.17, 15) is 5.11 Å². The Morgan fingerprint density at radius 2 is 1.81 bits per heavy atom. The summed E-state index contributed by atoms with van der Waals surface area (Å²) in [6, 6.07) is 7.98. The molecule has 2 atom stereocenters. The zero-order valence-corrected chi connectivity index (χ0v) is 14.1. The second-order valence-electron chi connectivity index (χ2n) is 6.08. The van der Waals surface area contributed by atoms with Crippen molar-refractivity contribution in [3.05, 3.63) is 34.9 Å². The molecule has 120 valence electrons. The maximum atomic E-state index is 9.89. The third-order valence-corrected chi connectivity index (χ3v) is 3.62. The number of hydrogen-bond acceptors (Lipinski definition) is 3. The van der Waals surface area contributed by atoms with Gasteiger partial charge in [-0.15, -0.1) is 0 Å². The van der Waals surface area contributed by atoms with Crippen LogP contribution in [0.4, 0.5) is 0 Å². The zero-order valence-electron chi connectivity index (χ0n) is 13.3. The van der Waals surface area contributed by atoms with Gasteiger partial charge in [0.25, 0.3) is 0 Å². The van der Waals surface area contributed by atoms with Crippen molar-refractivity contribution in [2.75, 3.05) is 13.2 Å². The Kier molecular flexibility index (Phi) is 8.93.